The second-order valence-electron chi connectivity index (χ2n) is 8.04. The molecule has 6 heteroatoms. The minimum absolute atomic E-state index is 0.679. The average Bonchev–Trinajstić information content (AvgIpc) is 2.83. The average molecular weight is 445 g/mol. The molecular weight excluding hydrogens is 420 g/mol. The third-order valence-electron chi connectivity index (χ3n) is 5.95. The molecule has 4 aromatic rings. The van der Waals surface area contributed by atoms with Crippen molar-refractivity contribution in [3.8, 4) is 17.1 Å². The Morgan fingerprint density at radius 2 is 1.56 bits per heavy atom. The summed E-state index contributed by atoms with van der Waals surface area (Å²) in [6.45, 7) is 5.58. The lowest BCUT2D eigenvalue weighted by atomic mass is 10.1. The van der Waals surface area contributed by atoms with Crippen molar-refractivity contribution in [2.75, 3.05) is 43.1 Å². The number of hydrogen-bond acceptors (Lipinski definition) is 5. The van der Waals surface area contributed by atoms with Gasteiger partial charge in [0.25, 0.3) is 0 Å². The lowest BCUT2D eigenvalue weighted by molar-refractivity contribution is 0.413. The van der Waals surface area contributed by atoms with E-state index in [9.17, 15) is 0 Å². The van der Waals surface area contributed by atoms with Gasteiger partial charge < -0.3 is 14.5 Å². The number of aryl methyl sites for hydroxylation is 1. The Labute approximate surface area is 193 Å². The molecule has 1 aromatic heterocycles. The Morgan fingerprint density at radius 3 is 2.31 bits per heavy atom. The first-order chi connectivity index (χ1) is 15.6. The summed E-state index contributed by atoms with van der Waals surface area (Å²) in [4.78, 5) is 14.6. The summed E-state index contributed by atoms with van der Waals surface area (Å²) in [7, 11) is 1.72. The van der Waals surface area contributed by atoms with Gasteiger partial charge in [-0.2, -0.15) is 0 Å². The first-order valence-electron chi connectivity index (χ1n) is 10.8. The van der Waals surface area contributed by atoms with Gasteiger partial charge in [-0.05, 0) is 37.3 Å². The molecule has 0 radical (unpaired) electrons. The van der Waals surface area contributed by atoms with Crippen LogP contribution in [0, 0.1) is 6.92 Å². The van der Waals surface area contributed by atoms with E-state index in [-0.39, 0.29) is 0 Å². The number of methoxy groups -OCH3 is 1. The number of nitrogens with zero attached hydrogens (tertiary/aromatic N) is 4. The Bertz CT molecular complexity index is 1250. The smallest absolute Gasteiger partial charge is 0.162 e. The summed E-state index contributed by atoms with van der Waals surface area (Å²) in [6.07, 6.45) is 0. The second kappa shape index (κ2) is 8.67. The highest BCUT2D eigenvalue weighted by Gasteiger charge is 2.23. The second-order valence-corrected chi connectivity index (χ2v) is 8.48. The van der Waals surface area contributed by atoms with Crippen LogP contribution in [-0.2, 0) is 0 Å². The molecule has 0 saturated carbocycles. The molecule has 3 aromatic carbocycles. The zero-order chi connectivity index (χ0) is 22.1. The van der Waals surface area contributed by atoms with Gasteiger partial charge in [0.2, 0.25) is 0 Å². The first kappa shape index (κ1) is 20.6. The molecule has 5 nitrogen and oxygen atoms in total. The Morgan fingerprint density at radius 1 is 0.844 bits per heavy atom. The highest BCUT2D eigenvalue weighted by molar-refractivity contribution is 6.31. The largest absolute Gasteiger partial charge is 0.495 e. The first-order valence-corrected chi connectivity index (χ1v) is 11.2. The third-order valence-corrected chi connectivity index (χ3v) is 6.19. The van der Waals surface area contributed by atoms with Crippen LogP contribution >= 0.6 is 11.6 Å². The Balaban J connectivity index is 1.49. The number of para-hydroxylation sites is 2. The number of ether oxygens (including phenoxy) is 1. The van der Waals surface area contributed by atoms with Gasteiger partial charge >= 0.3 is 0 Å². The molecule has 0 unspecified atom stereocenters. The van der Waals surface area contributed by atoms with E-state index in [1.165, 1.54) is 5.56 Å². The number of fused-ring (bicyclic) bond motifs is 1. The summed E-state index contributed by atoms with van der Waals surface area (Å²) < 4.78 is 5.56. The summed E-state index contributed by atoms with van der Waals surface area (Å²) in [6, 6.07) is 22.4. The van der Waals surface area contributed by atoms with Crippen molar-refractivity contribution in [3.63, 3.8) is 0 Å². The number of aromatic nitrogens is 2. The summed E-state index contributed by atoms with van der Waals surface area (Å²) >= 11 is 6.30. The van der Waals surface area contributed by atoms with Gasteiger partial charge in [0, 0.05) is 42.2 Å². The molecule has 1 aliphatic heterocycles. The molecule has 1 saturated heterocycles. The molecule has 1 fully saturated rings. The maximum absolute atomic E-state index is 6.30. The summed E-state index contributed by atoms with van der Waals surface area (Å²) in [5.74, 6) is 2.59. The van der Waals surface area contributed by atoms with Crippen molar-refractivity contribution in [2.45, 2.75) is 6.92 Å². The molecule has 32 heavy (non-hydrogen) atoms. The standard InChI is InChI=1S/C26H25ClN4O/c1-18-7-9-19(10-8-18)25-28-22-17-20(27)11-12-21(22)26(29-25)31-15-13-30(14-16-31)23-5-3-4-6-24(23)32-2/h3-12,17H,13-16H2,1-2H3. The van der Waals surface area contributed by atoms with Gasteiger partial charge in [-0.1, -0.05) is 53.6 Å². The van der Waals surface area contributed by atoms with Gasteiger partial charge in [0.15, 0.2) is 5.82 Å². The number of hydrogen-bond donors (Lipinski definition) is 0. The number of halogens is 1. The Hall–Kier alpha value is -3.31. The molecule has 0 amide bonds. The van der Waals surface area contributed by atoms with Crippen LogP contribution in [0.5, 0.6) is 5.75 Å². The molecule has 0 N–H and O–H groups in total. The molecule has 5 rings (SSSR count). The third kappa shape index (κ3) is 3.96. The zero-order valence-electron chi connectivity index (χ0n) is 18.3. The van der Waals surface area contributed by atoms with E-state index in [0.29, 0.717) is 5.02 Å². The zero-order valence-corrected chi connectivity index (χ0v) is 19.0. The van der Waals surface area contributed by atoms with E-state index in [1.54, 1.807) is 7.11 Å². The maximum Gasteiger partial charge on any atom is 0.162 e. The van der Waals surface area contributed by atoms with Crippen LogP contribution in [0.3, 0.4) is 0 Å². The highest BCUT2D eigenvalue weighted by Crippen LogP contribution is 2.32. The minimum atomic E-state index is 0.679. The normalized spacial score (nSPS) is 14.1. The maximum atomic E-state index is 6.30. The van der Waals surface area contributed by atoms with Crippen molar-refractivity contribution in [1.29, 1.82) is 0 Å². The molecule has 162 valence electrons. The van der Waals surface area contributed by atoms with E-state index < -0.39 is 0 Å². The van der Waals surface area contributed by atoms with Crippen LogP contribution in [0.4, 0.5) is 11.5 Å². The Kier molecular flexibility index (Phi) is 5.58. The van der Waals surface area contributed by atoms with Gasteiger partial charge in [-0.3, -0.25) is 0 Å². The van der Waals surface area contributed by atoms with E-state index in [4.69, 9.17) is 26.3 Å². The molecule has 2 heterocycles. The van der Waals surface area contributed by atoms with Gasteiger partial charge in [-0.15, -0.1) is 0 Å². The molecule has 1 aliphatic rings. The molecular formula is C26H25ClN4O. The molecule has 0 spiro atoms. The lowest BCUT2D eigenvalue weighted by Crippen LogP contribution is -2.47. The van der Waals surface area contributed by atoms with Crippen LogP contribution in [0.15, 0.2) is 66.7 Å². The van der Waals surface area contributed by atoms with Crippen LogP contribution in [0.2, 0.25) is 5.02 Å². The minimum Gasteiger partial charge on any atom is -0.495 e. The van der Waals surface area contributed by atoms with Crippen LogP contribution in [-0.4, -0.2) is 43.3 Å². The number of anilines is 2. The van der Waals surface area contributed by atoms with Crippen LogP contribution < -0.4 is 14.5 Å². The van der Waals surface area contributed by atoms with Crippen molar-refractivity contribution in [3.05, 3.63) is 77.3 Å². The monoisotopic (exact) mass is 444 g/mol. The fourth-order valence-corrected chi connectivity index (χ4v) is 4.38. The number of piperazine rings is 1. The molecule has 0 aliphatic carbocycles. The van der Waals surface area contributed by atoms with Crippen molar-refractivity contribution in [1.82, 2.24) is 9.97 Å². The van der Waals surface area contributed by atoms with E-state index in [0.717, 1.165) is 65.7 Å². The predicted molar refractivity (Wildman–Crippen MR) is 132 cm³/mol. The topological polar surface area (TPSA) is 41.5 Å². The number of benzene rings is 3. The molecule has 0 atom stereocenters. The fraction of sp³-hybridized carbons (Fsp3) is 0.231. The van der Waals surface area contributed by atoms with Crippen molar-refractivity contribution >= 4 is 34.0 Å². The van der Waals surface area contributed by atoms with E-state index in [1.807, 2.05) is 30.3 Å². The lowest BCUT2D eigenvalue weighted by Gasteiger charge is -2.37. The fourth-order valence-electron chi connectivity index (χ4n) is 4.21. The summed E-state index contributed by atoms with van der Waals surface area (Å²) in [5.41, 5.74) is 4.22. The van der Waals surface area contributed by atoms with Gasteiger partial charge in [0.05, 0.1) is 18.3 Å². The van der Waals surface area contributed by atoms with Gasteiger partial charge in [-0.25, -0.2) is 9.97 Å². The number of rotatable bonds is 4. The van der Waals surface area contributed by atoms with E-state index >= 15 is 0 Å². The predicted octanol–water partition coefficient (Wildman–Crippen LogP) is 5.59. The van der Waals surface area contributed by atoms with E-state index in [2.05, 4.69) is 53.1 Å². The quantitative estimate of drug-likeness (QED) is 0.410. The molecule has 0 bridgehead atoms. The SMILES string of the molecule is COc1ccccc1N1CCN(c2nc(-c3ccc(C)cc3)nc3cc(Cl)ccc23)CC1. The van der Waals surface area contributed by atoms with Crippen molar-refractivity contribution in [2.24, 2.45) is 0 Å². The highest BCUT2D eigenvalue weighted by atomic mass is 35.5. The van der Waals surface area contributed by atoms with Crippen LogP contribution in [0.25, 0.3) is 22.3 Å². The summed E-state index contributed by atoms with van der Waals surface area (Å²) in [5, 5.41) is 1.70. The van der Waals surface area contributed by atoms with Crippen molar-refractivity contribution < 1.29 is 4.74 Å². The van der Waals surface area contributed by atoms with Gasteiger partial charge in [0.1, 0.15) is 11.6 Å². The van der Waals surface area contributed by atoms with Crippen LogP contribution in [0.1, 0.15) is 5.56 Å².